The summed E-state index contributed by atoms with van der Waals surface area (Å²) in [4.78, 5) is 9.63. The van der Waals surface area contributed by atoms with E-state index in [1.807, 2.05) is 6.07 Å². The number of ether oxygens (including phenoxy) is 1. The fourth-order valence-electron chi connectivity index (χ4n) is 0.980. The third kappa shape index (κ3) is 3.23. The Morgan fingerprint density at radius 1 is 1.50 bits per heavy atom. The Morgan fingerprint density at radius 3 is 3.08 bits per heavy atom. The highest BCUT2D eigenvalue weighted by Crippen LogP contribution is 2.04. The molecule has 0 fully saturated rings. The van der Waals surface area contributed by atoms with Gasteiger partial charge in [-0.3, -0.25) is 0 Å². The molecule has 0 amide bonds. The first-order chi connectivity index (χ1) is 5.93. The lowest BCUT2D eigenvalue weighted by atomic mass is 10.1. The van der Waals surface area contributed by atoms with Crippen LogP contribution in [0.2, 0.25) is 0 Å². The maximum absolute atomic E-state index is 9.63. The van der Waals surface area contributed by atoms with Gasteiger partial charge in [0.05, 0.1) is 19.1 Å². The molecule has 12 heavy (non-hydrogen) atoms. The van der Waals surface area contributed by atoms with Crippen LogP contribution in [0.4, 0.5) is 0 Å². The van der Waals surface area contributed by atoms with Crippen LogP contribution in [-0.2, 0) is 16.0 Å². The van der Waals surface area contributed by atoms with Crippen molar-refractivity contribution in [1.29, 1.82) is 0 Å². The maximum Gasteiger partial charge on any atom is 0.417 e. The largest absolute Gasteiger partial charge is 0.472 e. The van der Waals surface area contributed by atoms with E-state index in [9.17, 15) is 4.79 Å². The van der Waals surface area contributed by atoms with Crippen LogP contribution >= 0.6 is 0 Å². The van der Waals surface area contributed by atoms with E-state index in [2.05, 4.69) is 4.74 Å². The van der Waals surface area contributed by atoms with Crippen LogP contribution in [0.5, 0.6) is 0 Å². The lowest BCUT2D eigenvalue weighted by Gasteiger charge is -1.96. The molecule has 1 rings (SSSR count). The molecular formula is C9H11O3. The minimum atomic E-state index is 0.460. The summed E-state index contributed by atoms with van der Waals surface area (Å²) in [7, 11) is 0. The molecule has 0 bridgehead atoms. The number of carbonyl (C=O) groups excluding carboxylic acids is 1. The minimum absolute atomic E-state index is 0.460. The first-order valence-corrected chi connectivity index (χ1v) is 3.93. The lowest BCUT2D eigenvalue weighted by molar-refractivity contribution is 0.270. The van der Waals surface area contributed by atoms with Crippen LogP contribution in [0, 0.1) is 0 Å². The number of hydrogen-bond acceptors (Lipinski definition) is 3. The van der Waals surface area contributed by atoms with E-state index in [1.165, 1.54) is 12.0 Å². The van der Waals surface area contributed by atoms with Gasteiger partial charge in [-0.1, -0.05) is 0 Å². The van der Waals surface area contributed by atoms with Crippen molar-refractivity contribution in [1.82, 2.24) is 0 Å². The zero-order valence-electron chi connectivity index (χ0n) is 6.79. The van der Waals surface area contributed by atoms with E-state index in [0.717, 1.165) is 19.3 Å². The molecule has 1 aromatic heterocycles. The van der Waals surface area contributed by atoms with Crippen LogP contribution < -0.4 is 0 Å². The molecular weight excluding hydrogens is 156 g/mol. The molecule has 1 aromatic rings. The van der Waals surface area contributed by atoms with Crippen molar-refractivity contribution < 1.29 is 13.9 Å². The summed E-state index contributed by atoms with van der Waals surface area (Å²) < 4.78 is 9.32. The van der Waals surface area contributed by atoms with E-state index >= 15 is 0 Å². The van der Waals surface area contributed by atoms with Gasteiger partial charge >= 0.3 is 6.47 Å². The Hall–Kier alpha value is -1.25. The highest BCUT2D eigenvalue weighted by Gasteiger charge is 1.94. The molecule has 0 atom stereocenters. The number of furan rings is 1. The molecule has 0 aliphatic rings. The predicted octanol–water partition coefficient (Wildman–Crippen LogP) is 1.69. The summed E-state index contributed by atoms with van der Waals surface area (Å²) in [6, 6.07) is 1.94. The number of hydrogen-bond donors (Lipinski definition) is 0. The molecule has 65 valence electrons. The van der Waals surface area contributed by atoms with E-state index < -0.39 is 0 Å². The van der Waals surface area contributed by atoms with Crippen LogP contribution in [0.1, 0.15) is 18.4 Å². The average Bonchev–Trinajstić information content (AvgIpc) is 2.57. The lowest BCUT2D eigenvalue weighted by Crippen LogP contribution is -1.92. The smallest absolute Gasteiger partial charge is 0.417 e. The standard InChI is InChI=1S/C9H11O3/c10-8-12-5-2-1-3-9-4-6-11-7-9/h4,6-7H,1-3,5H2. The van der Waals surface area contributed by atoms with Crippen LogP contribution in [0.25, 0.3) is 0 Å². The summed E-state index contributed by atoms with van der Waals surface area (Å²) in [6.45, 7) is 1.85. The molecule has 0 N–H and O–H groups in total. The second-order valence-electron chi connectivity index (χ2n) is 2.52. The topological polar surface area (TPSA) is 39.4 Å². The summed E-state index contributed by atoms with van der Waals surface area (Å²) in [5.41, 5.74) is 1.19. The molecule has 1 radical (unpaired) electrons. The van der Waals surface area contributed by atoms with Gasteiger partial charge in [0.2, 0.25) is 0 Å². The maximum atomic E-state index is 9.63. The fourth-order valence-corrected chi connectivity index (χ4v) is 0.980. The number of unbranched alkanes of at least 4 members (excludes halogenated alkanes) is 1. The van der Waals surface area contributed by atoms with Gasteiger partial charge in [0.1, 0.15) is 0 Å². The Labute approximate surface area is 71.3 Å². The molecule has 3 heteroatoms. The molecule has 0 unspecified atom stereocenters. The first kappa shape index (κ1) is 8.84. The Morgan fingerprint density at radius 2 is 2.42 bits per heavy atom. The molecule has 1 heterocycles. The SMILES string of the molecule is O=[C]OCCCCc1ccoc1. The third-order valence-corrected chi connectivity index (χ3v) is 1.60. The number of aryl methyl sites for hydroxylation is 1. The average molecular weight is 167 g/mol. The minimum Gasteiger partial charge on any atom is -0.472 e. The Bertz CT molecular complexity index is 204. The Balaban J connectivity index is 2.00. The van der Waals surface area contributed by atoms with Crippen molar-refractivity contribution in [2.24, 2.45) is 0 Å². The van der Waals surface area contributed by atoms with Gasteiger partial charge in [-0.2, -0.15) is 0 Å². The fraction of sp³-hybridized carbons (Fsp3) is 0.444. The summed E-state index contributed by atoms with van der Waals surface area (Å²) in [5, 5.41) is 0. The molecule has 0 aromatic carbocycles. The van der Waals surface area contributed by atoms with Gasteiger partial charge < -0.3 is 9.15 Å². The number of rotatable bonds is 6. The van der Waals surface area contributed by atoms with Crippen molar-refractivity contribution in [2.45, 2.75) is 19.3 Å². The van der Waals surface area contributed by atoms with Crippen molar-refractivity contribution in [3.8, 4) is 0 Å². The second-order valence-corrected chi connectivity index (χ2v) is 2.52. The summed E-state index contributed by atoms with van der Waals surface area (Å²) in [6.07, 6.45) is 6.23. The molecule has 0 aliphatic carbocycles. The molecule has 0 aliphatic heterocycles. The van der Waals surface area contributed by atoms with Crippen molar-refractivity contribution in [2.75, 3.05) is 6.61 Å². The molecule has 3 nitrogen and oxygen atoms in total. The van der Waals surface area contributed by atoms with Crippen LogP contribution in [0.3, 0.4) is 0 Å². The normalized spacial score (nSPS) is 9.67. The summed E-state index contributed by atoms with van der Waals surface area (Å²) in [5.74, 6) is 0. The molecule has 0 spiro atoms. The zero-order valence-corrected chi connectivity index (χ0v) is 6.79. The highest BCUT2D eigenvalue weighted by molar-refractivity contribution is 5.37. The van der Waals surface area contributed by atoms with Gasteiger partial charge in [-0.25, -0.2) is 4.79 Å². The Kier molecular flexibility index (Phi) is 3.98. The van der Waals surface area contributed by atoms with Gasteiger partial charge in [0.25, 0.3) is 0 Å². The van der Waals surface area contributed by atoms with E-state index in [0.29, 0.717) is 6.61 Å². The van der Waals surface area contributed by atoms with Gasteiger partial charge in [0.15, 0.2) is 0 Å². The van der Waals surface area contributed by atoms with Gasteiger partial charge in [-0.05, 0) is 30.9 Å². The highest BCUT2D eigenvalue weighted by atomic mass is 16.5. The summed E-state index contributed by atoms with van der Waals surface area (Å²) >= 11 is 0. The van der Waals surface area contributed by atoms with Crippen molar-refractivity contribution in [3.63, 3.8) is 0 Å². The van der Waals surface area contributed by atoms with Crippen molar-refractivity contribution in [3.05, 3.63) is 24.2 Å². The quantitative estimate of drug-likeness (QED) is 0.605. The molecule has 0 saturated carbocycles. The van der Waals surface area contributed by atoms with Crippen molar-refractivity contribution >= 4 is 6.47 Å². The van der Waals surface area contributed by atoms with E-state index in [-0.39, 0.29) is 0 Å². The second kappa shape index (κ2) is 5.41. The zero-order chi connectivity index (χ0) is 8.65. The van der Waals surface area contributed by atoms with Crippen LogP contribution in [0.15, 0.2) is 23.0 Å². The van der Waals surface area contributed by atoms with E-state index in [1.54, 1.807) is 12.5 Å². The first-order valence-electron chi connectivity index (χ1n) is 3.93. The van der Waals surface area contributed by atoms with Gasteiger partial charge in [-0.15, -0.1) is 0 Å². The van der Waals surface area contributed by atoms with E-state index in [4.69, 9.17) is 4.42 Å². The van der Waals surface area contributed by atoms with Gasteiger partial charge in [0, 0.05) is 0 Å². The van der Waals surface area contributed by atoms with Crippen LogP contribution in [-0.4, -0.2) is 13.1 Å². The predicted molar refractivity (Wildman–Crippen MR) is 43.3 cm³/mol. The monoisotopic (exact) mass is 167 g/mol. The molecule has 0 saturated heterocycles. The third-order valence-electron chi connectivity index (χ3n) is 1.60.